The van der Waals surface area contributed by atoms with Crippen molar-refractivity contribution in [2.45, 2.75) is 225 Å². The molecule has 370 valence electrons. The average Bonchev–Trinajstić information content (AvgIpc) is 3.21. The Balaban J connectivity index is 0.00000902. The van der Waals surface area contributed by atoms with Gasteiger partial charge >= 0.3 is 0 Å². The summed E-state index contributed by atoms with van der Waals surface area (Å²) in [6, 6.07) is 0. The highest BCUT2D eigenvalue weighted by atomic mass is 16.6. The Morgan fingerprint density at radius 2 is 1.16 bits per heavy atom. The third-order valence-corrected chi connectivity index (χ3v) is 11.3. The molecule has 0 saturated carbocycles. The number of nitrogens with one attached hydrogen (secondary N) is 1. The van der Waals surface area contributed by atoms with Crippen molar-refractivity contribution in [1.82, 2.24) is 15.1 Å². The number of unbranched alkanes of at least 4 members (excludes halogenated alkanes) is 4. The van der Waals surface area contributed by atoms with Crippen LogP contribution in [0, 0.1) is 0 Å². The number of methoxy groups -OCH3 is 1. The Kier molecular flexibility index (Phi) is 27.8. The summed E-state index contributed by atoms with van der Waals surface area (Å²) in [6.07, 6.45) is -7.85. The summed E-state index contributed by atoms with van der Waals surface area (Å²) in [5.74, 6) is -0.784. The lowest BCUT2D eigenvalue weighted by Gasteiger charge is -2.49. The smallest absolute Gasteiger partial charge is 0.254 e. The summed E-state index contributed by atoms with van der Waals surface area (Å²) in [5.41, 5.74) is -4.09. The van der Waals surface area contributed by atoms with Crippen molar-refractivity contribution in [3.05, 3.63) is 0 Å². The van der Waals surface area contributed by atoms with Crippen molar-refractivity contribution in [2.75, 3.05) is 60.6 Å². The number of aliphatic hydroxyl groups is 5. The van der Waals surface area contributed by atoms with E-state index in [0.717, 1.165) is 32.2 Å². The Bertz CT molecular complexity index is 1230. The molecule has 6 N–H and O–H groups in total. The van der Waals surface area contributed by atoms with Gasteiger partial charge in [-0.15, -0.1) is 0 Å². The van der Waals surface area contributed by atoms with E-state index < -0.39 is 89.4 Å². The van der Waals surface area contributed by atoms with E-state index in [9.17, 15) is 35.1 Å². The SMILES string of the molecule is CC.CC.CCN(CCCCO)C(=O)C1OC(C(C)(C)OCCC(C)(C)O[C@@H]2C(C(=O)N(C)CCCCCCNC)OC(C(C)(C)OC)C(O)C2O)C(O)C(O)[C@@H]1OC(C)(C)C. The van der Waals surface area contributed by atoms with E-state index in [2.05, 4.69) is 5.32 Å². The summed E-state index contributed by atoms with van der Waals surface area (Å²) < 4.78 is 37.2. The standard InChI is InChI=1S/C42H81N3O13.2C2H6/c1-14-45(24-19-20-25-46)38(52)34-31(57-39(2,3)4)27(47)30(50)36(56-34)42(9,10)54-26-21-40(5,6)58-32-28(48)29(49)35(41(7,8)53-13)55-33(32)37(51)44(12)23-18-16-15-17-22-43-11;2*1-2/h27-36,43,46-50H,14-26H2,1-13H3;2*1-2H3/t27?,28?,29?,30?,31-,32-,33?,34?,35?,36?;;/m0../s1. The molecule has 2 heterocycles. The second-order valence-electron chi connectivity index (χ2n) is 18.6. The van der Waals surface area contributed by atoms with Crippen LogP contribution in [0.5, 0.6) is 0 Å². The van der Waals surface area contributed by atoms with E-state index in [-0.39, 0.29) is 25.5 Å². The number of nitrogens with zero attached hydrogens (tertiary/aromatic N) is 2. The molecule has 16 heteroatoms. The van der Waals surface area contributed by atoms with Crippen LogP contribution in [0.1, 0.15) is 142 Å². The van der Waals surface area contributed by atoms with Gasteiger partial charge in [-0.25, -0.2) is 0 Å². The second-order valence-corrected chi connectivity index (χ2v) is 18.6. The molecule has 0 radical (unpaired) electrons. The number of hydrogen-bond donors (Lipinski definition) is 6. The van der Waals surface area contributed by atoms with Gasteiger partial charge in [-0.3, -0.25) is 9.59 Å². The number of hydrogen-bond acceptors (Lipinski definition) is 14. The van der Waals surface area contributed by atoms with E-state index in [1.807, 2.05) is 41.7 Å². The van der Waals surface area contributed by atoms with Gasteiger partial charge in [0.1, 0.15) is 48.8 Å². The van der Waals surface area contributed by atoms with Crippen LogP contribution < -0.4 is 5.32 Å². The quantitative estimate of drug-likeness (QED) is 0.0762. The van der Waals surface area contributed by atoms with Gasteiger partial charge in [0, 0.05) is 40.4 Å². The van der Waals surface area contributed by atoms with Gasteiger partial charge in [0.25, 0.3) is 11.8 Å². The Morgan fingerprint density at radius 3 is 1.65 bits per heavy atom. The van der Waals surface area contributed by atoms with Crippen molar-refractivity contribution < 1.29 is 63.5 Å². The third kappa shape index (κ3) is 18.4. The van der Waals surface area contributed by atoms with Crippen molar-refractivity contribution >= 4 is 11.8 Å². The lowest BCUT2D eigenvalue weighted by molar-refractivity contribution is -0.289. The molecule has 0 spiro atoms. The summed E-state index contributed by atoms with van der Waals surface area (Å²) in [4.78, 5) is 31.1. The highest BCUT2D eigenvalue weighted by Crippen LogP contribution is 2.37. The third-order valence-electron chi connectivity index (χ3n) is 11.3. The normalized spacial score (nSPS) is 27.1. The van der Waals surface area contributed by atoms with Crippen LogP contribution in [0.2, 0.25) is 0 Å². The first-order valence-electron chi connectivity index (χ1n) is 23.3. The first kappa shape index (κ1) is 60.5. The zero-order valence-electron chi connectivity index (χ0n) is 41.9. The average molecular weight is 896 g/mol. The van der Waals surface area contributed by atoms with Gasteiger partial charge in [-0.2, -0.15) is 0 Å². The number of carbonyl (C=O) groups excluding carboxylic acids is 2. The molecule has 0 bridgehead atoms. The van der Waals surface area contributed by atoms with Crippen LogP contribution >= 0.6 is 0 Å². The largest absolute Gasteiger partial charge is 0.396 e. The minimum absolute atomic E-state index is 0.000178. The summed E-state index contributed by atoms with van der Waals surface area (Å²) in [6.45, 7) is 27.8. The van der Waals surface area contributed by atoms with Gasteiger partial charge in [-0.1, -0.05) is 40.5 Å². The van der Waals surface area contributed by atoms with Gasteiger partial charge in [0.15, 0.2) is 12.2 Å². The van der Waals surface area contributed by atoms with Crippen LogP contribution in [0.4, 0.5) is 0 Å². The van der Waals surface area contributed by atoms with Crippen molar-refractivity contribution in [2.24, 2.45) is 0 Å². The fraction of sp³-hybridized carbons (Fsp3) is 0.957. The molecule has 2 rings (SSSR count). The number of ether oxygens (including phenoxy) is 6. The van der Waals surface area contributed by atoms with Crippen molar-refractivity contribution in [1.29, 1.82) is 0 Å². The van der Waals surface area contributed by atoms with Crippen LogP contribution in [0.3, 0.4) is 0 Å². The maximum atomic E-state index is 14.0. The molecule has 0 aliphatic carbocycles. The first-order valence-corrected chi connectivity index (χ1v) is 23.3. The first-order chi connectivity index (χ1) is 28.9. The molecule has 2 fully saturated rings. The molecule has 8 unspecified atom stereocenters. The minimum Gasteiger partial charge on any atom is -0.396 e. The van der Waals surface area contributed by atoms with Gasteiger partial charge < -0.3 is 69.1 Å². The fourth-order valence-electron chi connectivity index (χ4n) is 7.49. The summed E-state index contributed by atoms with van der Waals surface area (Å²) >= 11 is 0. The molecule has 2 aliphatic rings. The zero-order valence-corrected chi connectivity index (χ0v) is 41.9. The zero-order chi connectivity index (χ0) is 48.2. The van der Waals surface area contributed by atoms with E-state index in [1.54, 1.807) is 79.2 Å². The molecular weight excluding hydrogens is 803 g/mol. The molecular formula is C46H93N3O13. The number of amides is 2. The number of aliphatic hydroxyl groups excluding tert-OH is 5. The van der Waals surface area contributed by atoms with E-state index >= 15 is 0 Å². The molecule has 0 aromatic rings. The number of likely N-dealkylation sites (N-methyl/N-ethyl adjacent to an activating group) is 2. The highest BCUT2D eigenvalue weighted by Gasteiger charge is 2.56. The lowest BCUT2D eigenvalue weighted by atomic mass is 9.85. The maximum Gasteiger partial charge on any atom is 0.254 e. The molecule has 2 aliphatic heterocycles. The molecule has 62 heavy (non-hydrogen) atoms. The Morgan fingerprint density at radius 1 is 0.677 bits per heavy atom. The van der Waals surface area contributed by atoms with Gasteiger partial charge in [-0.05, 0) is 115 Å². The monoisotopic (exact) mass is 896 g/mol. The van der Waals surface area contributed by atoms with E-state index in [1.165, 1.54) is 7.11 Å². The molecule has 0 aromatic heterocycles. The second kappa shape index (κ2) is 28.5. The van der Waals surface area contributed by atoms with Crippen LogP contribution in [-0.2, 0) is 38.0 Å². The molecule has 2 amide bonds. The van der Waals surface area contributed by atoms with Crippen LogP contribution in [0.15, 0.2) is 0 Å². The van der Waals surface area contributed by atoms with Crippen molar-refractivity contribution in [3.8, 4) is 0 Å². The van der Waals surface area contributed by atoms with Crippen molar-refractivity contribution in [3.63, 3.8) is 0 Å². The molecule has 0 aromatic carbocycles. The fourth-order valence-corrected chi connectivity index (χ4v) is 7.49. The van der Waals surface area contributed by atoms with Gasteiger partial charge in [0.2, 0.25) is 0 Å². The minimum atomic E-state index is -1.50. The van der Waals surface area contributed by atoms with Gasteiger partial charge in [0.05, 0.1) is 29.0 Å². The maximum absolute atomic E-state index is 14.0. The predicted octanol–water partition coefficient (Wildman–Crippen LogP) is 3.83. The summed E-state index contributed by atoms with van der Waals surface area (Å²) in [5, 5.41) is 58.2. The molecule has 16 nitrogen and oxygen atoms in total. The van der Waals surface area contributed by atoms with E-state index in [4.69, 9.17) is 28.4 Å². The number of carbonyl (C=O) groups is 2. The Hall–Kier alpha value is -1.54. The van der Waals surface area contributed by atoms with E-state index in [0.29, 0.717) is 32.5 Å². The van der Waals surface area contributed by atoms with Crippen LogP contribution in [-0.4, -0.2) is 191 Å². The topological polar surface area (TPSA) is 209 Å². The van der Waals surface area contributed by atoms with Crippen LogP contribution in [0.25, 0.3) is 0 Å². The Labute approximate surface area is 375 Å². The lowest BCUT2D eigenvalue weighted by Crippen LogP contribution is -2.68. The summed E-state index contributed by atoms with van der Waals surface area (Å²) in [7, 11) is 5.08. The molecule has 10 atom stereocenters. The number of rotatable bonds is 24. The predicted molar refractivity (Wildman–Crippen MR) is 242 cm³/mol. The molecule has 2 saturated heterocycles. The highest BCUT2D eigenvalue weighted by molar-refractivity contribution is 5.82.